The van der Waals surface area contributed by atoms with Crippen LogP contribution in [0.5, 0.6) is 0 Å². The van der Waals surface area contributed by atoms with Gasteiger partial charge in [0.05, 0.1) is 59.0 Å². The van der Waals surface area contributed by atoms with Gasteiger partial charge in [0.25, 0.3) is 0 Å². The van der Waals surface area contributed by atoms with Crippen molar-refractivity contribution in [3.05, 3.63) is 0 Å². The van der Waals surface area contributed by atoms with Crippen LogP contribution in [-0.2, 0) is 104 Å². The fourth-order valence-electron chi connectivity index (χ4n) is 14.6. The molecule has 9 heterocycles. The second-order valence-corrected chi connectivity index (χ2v) is 29.0. The summed E-state index contributed by atoms with van der Waals surface area (Å²) >= 11 is 0. The summed E-state index contributed by atoms with van der Waals surface area (Å²) in [6.45, 7) is -2.21. The van der Waals surface area contributed by atoms with E-state index in [0.717, 1.165) is 34.6 Å². The molecule has 28 N–H and O–H groups in total. The quantitative estimate of drug-likeness (QED) is 0.0331. The Kier molecular flexibility index (Phi) is 33.6. The molecule has 0 spiro atoms. The maximum absolute atomic E-state index is 13.2. The van der Waals surface area contributed by atoms with Crippen LogP contribution in [0.25, 0.3) is 0 Å². The van der Waals surface area contributed by atoms with E-state index in [-0.39, 0.29) is 0 Å². The largest absolute Gasteiger partial charge is 0.394 e. The van der Waals surface area contributed by atoms with Crippen LogP contribution in [0.2, 0.25) is 0 Å². The molecule has 50 nitrogen and oxygen atoms in total. The molecule has 658 valence electrons. The Morgan fingerprint density at radius 2 is 0.553 bits per heavy atom. The lowest BCUT2D eigenvalue weighted by Gasteiger charge is -2.51. The van der Waals surface area contributed by atoms with Crippen molar-refractivity contribution in [2.45, 2.75) is 318 Å². The minimum Gasteiger partial charge on any atom is -0.394 e. The van der Waals surface area contributed by atoms with Crippen molar-refractivity contribution in [2.75, 3.05) is 52.9 Å². The molecule has 9 rings (SSSR count). The van der Waals surface area contributed by atoms with Crippen LogP contribution >= 0.6 is 0 Å². The van der Waals surface area contributed by atoms with Crippen LogP contribution in [0, 0.1) is 0 Å². The van der Waals surface area contributed by atoms with Gasteiger partial charge >= 0.3 is 0 Å². The van der Waals surface area contributed by atoms with Crippen LogP contribution in [0.3, 0.4) is 0 Å². The monoisotopic (exact) mass is 1670 g/mol. The van der Waals surface area contributed by atoms with E-state index in [0.29, 0.717) is 0 Å². The minimum absolute atomic E-state index is 0.797. The second-order valence-electron chi connectivity index (χ2n) is 29.0. The number of hydrogen-bond donors (Lipinski definition) is 28. The van der Waals surface area contributed by atoms with Gasteiger partial charge in [-0.05, 0) is 6.92 Å². The van der Waals surface area contributed by atoms with E-state index >= 15 is 0 Å². The molecular formula is C64H107N5O45. The molecule has 0 aromatic rings. The Labute approximate surface area is 646 Å². The fourth-order valence-corrected chi connectivity index (χ4v) is 14.6. The highest BCUT2D eigenvalue weighted by molar-refractivity contribution is 5.75. The number of rotatable bonds is 29. The van der Waals surface area contributed by atoms with E-state index in [9.17, 15) is 141 Å². The third-order valence-electron chi connectivity index (χ3n) is 20.7. The van der Waals surface area contributed by atoms with E-state index in [1.165, 1.54) is 6.92 Å². The van der Waals surface area contributed by atoms with Gasteiger partial charge in [-0.3, -0.25) is 24.0 Å². The number of aliphatic hydroxyl groups excluding tert-OH is 23. The van der Waals surface area contributed by atoms with E-state index in [2.05, 4.69) is 26.6 Å². The third kappa shape index (κ3) is 21.2. The van der Waals surface area contributed by atoms with Gasteiger partial charge in [-0.25, -0.2) is 0 Å². The molecule has 9 aliphatic heterocycles. The standard InChI is InChI=1S/C64H107N5O45/c1-15-34(80)46(92)49(95)61(101-15)99-14-28-52(44(90)29(56(97)102-28)65-16(2)75)110-60-33(69-20(6)79)45(91)51(25(11-74)107-60)111-62-50(96)53(112-64-55(47(93)38(84)24(10-73)106-64)114-59-32(68-19(5)78)43(89)37(83)23(9-72)105-59)40(86)27(108-62)13-100-63-54(113-58-31(67-18(4)77)42(88)36(82)22(8-71)104-58)48(94)39(85)26(109-63)12-98-57-30(66-17(3)76)41(87)35(81)21(7-70)103-57/h15,21-64,70-74,80-97H,7-14H2,1-6H3,(H,65,75)(H,66,76)(H,67,77)(H,68,78)(H,69,79)/t15-,21+,22+,23+,24+,25+,26+,27+,28+,29+,30+,31+,32+,33+,34+,35+,36+,37+,38+,39+,40+,41+,42+,43+,44+,45+,46+,47-,48-,49-,50-,51+,52+,53-,54-,55-,56+,57+,58-,59-,60-,61+,62-,63-,64+/m0/s1. The van der Waals surface area contributed by atoms with Gasteiger partial charge in [-0.2, -0.15) is 0 Å². The average Bonchev–Trinajstić information content (AvgIpc) is 0.768. The predicted molar refractivity (Wildman–Crippen MR) is 354 cm³/mol. The van der Waals surface area contributed by atoms with Crippen LogP contribution in [-0.4, -0.2) is 476 Å². The number of carbonyl (C=O) groups is 5. The summed E-state index contributed by atoms with van der Waals surface area (Å²) in [6.07, 6.45) is -81.5. The molecule has 0 bridgehead atoms. The second kappa shape index (κ2) is 40.9. The molecule has 9 aliphatic rings. The lowest BCUT2D eigenvalue weighted by molar-refractivity contribution is -0.396. The highest BCUT2D eigenvalue weighted by Crippen LogP contribution is 2.39. The zero-order valence-electron chi connectivity index (χ0n) is 61.9. The SMILES string of the molecule is CC(=O)N[C@@H]1[C@@H](O)[C@H](O[C@@H]2O[C@H](CO)[C@@H](O[C@@H]3O[C@H](CO[C@H]4O[C@H](CO[C@@H]5O[C@H](CO)[C@@H](O)[C@H](O)[C@H]5NC(C)=O)[C@@H](O)[C@H](O)[C@@H]4O[C@@H]4O[C@H](CO)[C@@H](O)[C@H](O)[C@H]4NC(C)=O)[C@@H](O)[C@H](O[C@H]4O[C@H](CO)[C@@H](O)[C@H](O)[C@@H]4O[C@@H]4O[C@H](CO)[C@@H](O)[C@H](O)[C@H]4NC(C)=O)[C@@H]3O)[C@H](O)[C@H]2NC(C)=O)[C@@H](CO[C@@H]2O[C@@H](C)[C@@H](O)[C@@H](O)[C@@H]2O)O[C@H]1O. The average molecular weight is 1670 g/mol. The van der Waals surface area contributed by atoms with Crippen molar-refractivity contribution in [1.29, 1.82) is 0 Å². The molecule has 5 amide bonds. The number of carbonyl (C=O) groups excluding carboxylic acids is 5. The maximum atomic E-state index is 13.2. The number of hydrogen-bond acceptors (Lipinski definition) is 45. The van der Waals surface area contributed by atoms with Crippen molar-refractivity contribution in [2.24, 2.45) is 0 Å². The fraction of sp³-hybridized carbons (Fsp3) is 0.922. The van der Waals surface area contributed by atoms with Gasteiger partial charge in [0.2, 0.25) is 29.5 Å². The zero-order chi connectivity index (χ0) is 84.1. The Morgan fingerprint density at radius 3 is 1.02 bits per heavy atom. The van der Waals surface area contributed by atoms with Crippen LogP contribution in [0.15, 0.2) is 0 Å². The van der Waals surface area contributed by atoms with Crippen LogP contribution in [0.1, 0.15) is 41.5 Å². The first-order valence-electron chi connectivity index (χ1n) is 36.5. The molecular weight excluding hydrogens is 1560 g/mol. The summed E-state index contributed by atoms with van der Waals surface area (Å²) in [7, 11) is 0. The Hall–Kier alpha value is -4.25. The lowest BCUT2D eigenvalue weighted by Crippen LogP contribution is -2.71. The first-order valence-corrected chi connectivity index (χ1v) is 36.5. The number of aliphatic hydroxyl groups is 23. The number of amides is 5. The van der Waals surface area contributed by atoms with Gasteiger partial charge in [0, 0.05) is 34.6 Å². The first kappa shape index (κ1) is 93.6. The van der Waals surface area contributed by atoms with Gasteiger partial charge in [-0.15, -0.1) is 0 Å². The van der Waals surface area contributed by atoms with Crippen LogP contribution in [0.4, 0.5) is 0 Å². The molecule has 114 heavy (non-hydrogen) atoms. The molecule has 0 aromatic carbocycles. The van der Waals surface area contributed by atoms with Crippen LogP contribution < -0.4 is 26.6 Å². The third-order valence-corrected chi connectivity index (χ3v) is 20.7. The van der Waals surface area contributed by atoms with Crippen molar-refractivity contribution >= 4 is 29.5 Å². The molecule has 0 saturated carbocycles. The van der Waals surface area contributed by atoms with Crippen molar-refractivity contribution in [3.63, 3.8) is 0 Å². The van der Waals surface area contributed by atoms with Gasteiger partial charge < -0.3 is 225 Å². The van der Waals surface area contributed by atoms with Gasteiger partial charge in [-0.1, -0.05) is 0 Å². The summed E-state index contributed by atoms with van der Waals surface area (Å²) < 4.78 is 102. The van der Waals surface area contributed by atoms with E-state index in [1.807, 2.05) is 0 Å². The molecule has 9 saturated heterocycles. The van der Waals surface area contributed by atoms with E-state index in [1.54, 1.807) is 0 Å². The minimum atomic E-state index is -2.58. The molecule has 0 aliphatic carbocycles. The molecule has 45 atom stereocenters. The maximum Gasteiger partial charge on any atom is 0.217 e. The van der Waals surface area contributed by atoms with Crippen molar-refractivity contribution in [3.8, 4) is 0 Å². The van der Waals surface area contributed by atoms with Crippen molar-refractivity contribution in [1.82, 2.24) is 26.6 Å². The van der Waals surface area contributed by atoms with E-state index in [4.69, 9.17) is 80.5 Å². The summed E-state index contributed by atoms with van der Waals surface area (Å²) in [5.74, 6) is -4.37. The smallest absolute Gasteiger partial charge is 0.217 e. The van der Waals surface area contributed by atoms with Gasteiger partial charge in [0.15, 0.2) is 56.6 Å². The highest BCUT2D eigenvalue weighted by Gasteiger charge is 2.60. The Bertz CT molecular complexity index is 3080. The summed E-state index contributed by atoms with van der Waals surface area (Å²) in [5.41, 5.74) is 0. The first-order chi connectivity index (χ1) is 53.8. The highest BCUT2D eigenvalue weighted by atomic mass is 16.8. The summed E-state index contributed by atoms with van der Waals surface area (Å²) in [6, 6.07) is -8.98. The summed E-state index contributed by atoms with van der Waals surface area (Å²) in [5, 5.41) is 270. The van der Waals surface area contributed by atoms with Crippen molar-refractivity contribution < 1.29 is 222 Å². The molecule has 9 fully saturated rings. The van der Waals surface area contributed by atoms with Gasteiger partial charge in [0.1, 0.15) is 213 Å². The Balaban J connectivity index is 1.08. The van der Waals surface area contributed by atoms with E-state index < -0.39 is 358 Å². The molecule has 50 heteroatoms. The Morgan fingerprint density at radius 1 is 0.246 bits per heavy atom. The predicted octanol–water partition coefficient (Wildman–Crippen LogP) is -18.9. The molecule has 0 unspecified atom stereocenters. The summed E-state index contributed by atoms with van der Waals surface area (Å²) in [4.78, 5) is 63.2. The normalized spacial score (nSPS) is 48.2. The topological polar surface area (TPSA) is 768 Å². The number of ether oxygens (including phenoxy) is 17. The molecule has 0 aromatic heterocycles. The number of nitrogens with one attached hydrogen (secondary N) is 5. The zero-order valence-corrected chi connectivity index (χ0v) is 61.9. The lowest BCUT2D eigenvalue weighted by atomic mass is 9.93. The molecule has 0 radical (unpaired) electrons.